The topological polar surface area (TPSA) is 86.8 Å². The standard InChI is InChI=1S/C22H26ClN3O4S/c1-3-20(26(31(2,29)30)17-10-8-9-16(23)15-17)21(27)24-19-12-5-4-11-18(19)22(28)25-13-6-7-14-25/h4-5,8-12,15,20H,3,6-7,13-14H2,1-2H3,(H,24,27)/t20-/m0/s1. The molecule has 1 aliphatic heterocycles. The Labute approximate surface area is 188 Å². The van der Waals surface area contributed by atoms with Crippen LogP contribution in [0.2, 0.25) is 5.02 Å². The molecule has 2 aromatic rings. The second-order valence-electron chi connectivity index (χ2n) is 7.50. The summed E-state index contributed by atoms with van der Waals surface area (Å²) in [6.07, 6.45) is 3.20. The van der Waals surface area contributed by atoms with Crippen molar-refractivity contribution in [2.75, 3.05) is 29.0 Å². The first-order chi connectivity index (χ1) is 14.7. The van der Waals surface area contributed by atoms with Crippen LogP contribution in [0.4, 0.5) is 11.4 Å². The van der Waals surface area contributed by atoms with Crippen molar-refractivity contribution in [1.82, 2.24) is 4.90 Å². The number of anilines is 2. The highest BCUT2D eigenvalue weighted by molar-refractivity contribution is 7.92. The highest BCUT2D eigenvalue weighted by Gasteiger charge is 2.32. The van der Waals surface area contributed by atoms with E-state index in [0.717, 1.165) is 23.4 Å². The Bertz CT molecular complexity index is 1070. The van der Waals surface area contributed by atoms with Crippen molar-refractivity contribution in [2.45, 2.75) is 32.2 Å². The van der Waals surface area contributed by atoms with Gasteiger partial charge in [0.1, 0.15) is 6.04 Å². The van der Waals surface area contributed by atoms with Crippen molar-refractivity contribution in [3.8, 4) is 0 Å². The van der Waals surface area contributed by atoms with Gasteiger partial charge in [-0.1, -0.05) is 36.7 Å². The van der Waals surface area contributed by atoms with Crippen molar-refractivity contribution in [3.63, 3.8) is 0 Å². The molecule has 0 spiro atoms. The van der Waals surface area contributed by atoms with Gasteiger partial charge in [0.2, 0.25) is 15.9 Å². The number of likely N-dealkylation sites (tertiary alicyclic amines) is 1. The smallest absolute Gasteiger partial charge is 0.255 e. The number of nitrogens with one attached hydrogen (secondary N) is 1. The third kappa shape index (κ3) is 5.37. The quantitative estimate of drug-likeness (QED) is 0.677. The van der Waals surface area contributed by atoms with Crippen molar-refractivity contribution in [1.29, 1.82) is 0 Å². The molecule has 7 nitrogen and oxygen atoms in total. The van der Waals surface area contributed by atoms with Crippen molar-refractivity contribution in [2.24, 2.45) is 0 Å². The molecule has 1 atom stereocenters. The number of nitrogens with zero attached hydrogens (tertiary/aromatic N) is 2. The van der Waals surface area contributed by atoms with Gasteiger partial charge in [0.15, 0.2) is 0 Å². The van der Waals surface area contributed by atoms with E-state index in [9.17, 15) is 18.0 Å². The summed E-state index contributed by atoms with van der Waals surface area (Å²) >= 11 is 6.05. The molecule has 2 aromatic carbocycles. The van der Waals surface area contributed by atoms with Crippen LogP contribution in [0, 0.1) is 0 Å². The average Bonchev–Trinajstić information content (AvgIpc) is 3.25. The number of rotatable bonds is 7. The largest absolute Gasteiger partial charge is 0.339 e. The molecular weight excluding hydrogens is 438 g/mol. The molecule has 0 radical (unpaired) electrons. The van der Waals surface area contributed by atoms with E-state index in [1.807, 2.05) is 0 Å². The van der Waals surface area contributed by atoms with Crippen LogP contribution >= 0.6 is 11.6 Å². The Hall–Kier alpha value is -2.58. The zero-order valence-electron chi connectivity index (χ0n) is 17.5. The van der Waals surface area contributed by atoms with E-state index in [1.54, 1.807) is 54.3 Å². The number of carbonyl (C=O) groups is 2. The second kappa shape index (κ2) is 9.70. The summed E-state index contributed by atoms with van der Waals surface area (Å²) in [4.78, 5) is 27.9. The van der Waals surface area contributed by atoms with E-state index in [4.69, 9.17) is 11.6 Å². The Morgan fingerprint density at radius 1 is 1.13 bits per heavy atom. The number of halogens is 1. The van der Waals surface area contributed by atoms with E-state index < -0.39 is 22.0 Å². The molecular formula is C22H26ClN3O4S. The van der Waals surface area contributed by atoms with Crippen LogP contribution in [0.25, 0.3) is 0 Å². The van der Waals surface area contributed by atoms with E-state index in [-0.39, 0.29) is 12.3 Å². The molecule has 0 saturated carbocycles. The Balaban J connectivity index is 1.91. The van der Waals surface area contributed by atoms with Gasteiger partial charge < -0.3 is 10.2 Å². The molecule has 9 heteroatoms. The summed E-state index contributed by atoms with van der Waals surface area (Å²) in [5.74, 6) is -0.661. The fourth-order valence-electron chi connectivity index (χ4n) is 3.76. The summed E-state index contributed by atoms with van der Waals surface area (Å²) < 4.78 is 26.3. The summed E-state index contributed by atoms with van der Waals surface area (Å²) in [5.41, 5.74) is 1.06. The molecule has 0 unspecified atom stereocenters. The maximum Gasteiger partial charge on any atom is 0.255 e. The zero-order chi connectivity index (χ0) is 22.6. The zero-order valence-corrected chi connectivity index (χ0v) is 19.1. The predicted molar refractivity (Wildman–Crippen MR) is 123 cm³/mol. The lowest BCUT2D eigenvalue weighted by Gasteiger charge is -2.30. The van der Waals surface area contributed by atoms with Crippen LogP contribution in [-0.4, -0.2) is 50.5 Å². The van der Waals surface area contributed by atoms with E-state index in [0.29, 0.717) is 35.1 Å². The molecule has 1 fully saturated rings. The van der Waals surface area contributed by atoms with Gasteiger partial charge in [-0.05, 0) is 49.6 Å². The highest BCUT2D eigenvalue weighted by atomic mass is 35.5. The summed E-state index contributed by atoms with van der Waals surface area (Å²) in [6.45, 7) is 3.11. The lowest BCUT2D eigenvalue weighted by Crippen LogP contribution is -2.47. The van der Waals surface area contributed by atoms with Gasteiger partial charge in [-0.15, -0.1) is 0 Å². The van der Waals surface area contributed by atoms with Gasteiger partial charge in [-0.3, -0.25) is 13.9 Å². The fraction of sp³-hybridized carbons (Fsp3) is 0.364. The lowest BCUT2D eigenvalue weighted by atomic mass is 10.1. The van der Waals surface area contributed by atoms with Gasteiger partial charge in [-0.2, -0.15) is 0 Å². The minimum atomic E-state index is -3.78. The molecule has 3 rings (SSSR count). The molecule has 2 amide bonds. The maximum atomic E-state index is 13.2. The second-order valence-corrected chi connectivity index (χ2v) is 9.79. The Kier molecular flexibility index (Phi) is 7.23. The van der Waals surface area contributed by atoms with Crippen LogP contribution in [0.15, 0.2) is 48.5 Å². The van der Waals surface area contributed by atoms with Gasteiger partial charge >= 0.3 is 0 Å². The monoisotopic (exact) mass is 463 g/mol. The minimum Gasteiger partial charge on any atom is -0.339 e. The molecule has 0 aromatic heterocycles. The van der Waals surface area contributed by atoms with Gasteiger partial charge in [0, 0.05) is 18.1 Å². The number of amides is 2. The SMILES string of the molecule is CC[C@@H](C(=O)Nc1ccccc1C(=O)N1CCCC1)N(c1cccc(Cl)c1)S(C)(=O)=O. The summed E-state index contributed by atoms with van der Waals surface area (Å²) in [7, 11) is -3.78. The Morgan fingerprint density at radius 2 is 1.81 bits per heavy atom. The van der Waals surface area contributed by atoms with Crippen LogP contribution in [0.5, 0.6) is 0 Å². The van der Waals surface area contributed by atoms with Crippen molar-refractivity contribution < 1.29 is 18.0 Å². The predicted octanol–water partition coefficient (Wildman–Crippen LogP) is 3.76. The van der Waals surface area contributed by atoms with Crippen LogP contribution in [-0.2, 0) is 14.8 Å². The van der Waals surface area contributed by atoms with Gasteiger partial charge in [0.25, 0.3) is 5.91 Å². The highest BCUT2D eigenvalue weighted by Crippen LogP contribution is 2.27. The van der Waals surface area contributed by atoms with E-state index in [2.05, 4.69) is 5.32 Å². The van der Waals surface area contributed by atoms with Crippen LogP contribution < -0.4 is 9.62 Å². The average molecular weight is 464 g/mol. The minimum absolute atomic E-state index is 0.142. The fourth-order valence-corrected chi connectivity index (χ4v) is 5.15. The third-order valence-electron chi connectivity index (χ3n) is 5.20. The lowest BCUT2D eigenvalue weighted by molar-refractivity contribution is -0.117. The number of benzene rings is 2. The normalized spacial score (nSPS) is 14.9. The van der Waals surface area contributed by atoms with Crippen molar-refractivity contribution >= 4 is 44.8 Å². The molecule has 0 aliphatic carbocycles. The molecule has 1 aliphatic rings. The number of sulfonamides is 1. The third-order valence-corrected chi connectivity index (χ3v) is 6.62. The molecule has 31 heavy (non-hydrogen) atoms. The van der Waals surface area contributed by atoms with Gasteiger partial charge in [-0.25, -0.2) is 8.42 Å². The summed E-state index contributed by atoms with van der Waals surface area (Å²) in [6, 6.07) is 12.1. The number of carbonyl (C=O) groups excluding carboxylic acids is 2. The van der Waals surface area contributed by atoms with Crippen LogP contribution in [0.1, 0.15) is 36.5 Å². The first kappa shape index (κ1) is 23.1. The Morgan fingerprint density at radius 3 is 2.42 bits per heavy atom. The van der Waals surface area contributed by atoms with Crippen LogP contribution in [0.3, 0.4) is 0 Å². The first-order valence-corrected chi connectivity index (χ1v) is 12.4. The van der Waals surface area contributed by atoms with Crippen molar-refractivity contribution in [3.05, 3.63) is 59.1 Å². The maximum absolute atomic E-state index is 13.2. The molecule has 1 heterocycles. The first-order valence-electron chi connectivity index (χ1n) is 10.2. The molecule has 1 saturated heterocycles. The molecule has 166 valence electrons. The number of hydrogen-bond acceptors (Lipinski definition) is 4. The van der Waals surface area contributed by atoms with E-state index >= 15 is 0 Å². The number of para-hydroxylation sites is 1. The van der Waals surface area contributed by atoms with Gasteiger partial charge in [0.05, 0.1) is 23.2 Å². The van der Waals surface area contributed by atoms with E-state index in [1.165, 1.54) is 6.07 Å². The molecule has 1 N–H and O–H groups in total. The number of hydrogen-bond donors (Lipinski definition) is 1. The molecule has 0 bridgehead atoms. The summed E-state index contributed by atoms with van der Waals surface area (Å²) in [5, 5.41) is 3.14.